The van der Waals surface area contributed by atoms with Gasteiger partial charge in [0.1, 0.15) is 5.82 Å². The Bertz CT molecular complexity index is 1370. The molecule has 0 radical (unpaired) electrons. The SMILES string of the molecule is Cc1ccccc1-n1c(=O)nc(NCCS(=O)(=O)N2CCOCC2)c2ccc(C(F)(F)F)cc21. The number of morpholine rings is 1. The molecule has 0 spiro atoms. The Hall–Kier alpha value is -2.96. The average Bonchev–Trinajstić information content (AvgIpc) is 2.79. The van der Waals surface area contributed by atoms with Gasteiger partial charge in [0.2, 0.25) is 10.0 Å². The van der Waals surface area contributed by atoms with Gasteiger partial charge in [-0.2, -0.15) is 22.5 Å². The van der Waals surface area contributed by atoms with E-state index in [9.17, 15) is 26.4 Å². The first-order valence-electron chi connectivity index (χ1n) is 10.6. The third-order valence-electron chi connectivity index (χ3n) is 5.59. The standard InChI is InChI=1S/C22H23F3N4O4S/c1-15-4-2-3-5-18(15)29-19-14-16(22(23,24)25)6-7-17(19)20(27-21(29)30)26-8-13-34(31,32)28-9-11-33-12-10-28/h2-7,14H,8-13H2,1H3,(H,26,27,30). The quantitative estimate of drug-likeness (QED) is 0.564. The van der Waals surface area contributed by atoms with Crippen LogP contribution in [0, 0.1) is 6.92 Å². The zero-order valence-electron chi connectivity index (χ0n) is 18.3. The van der Waals surface area contributed by atoms with Gasteiger partial charge in [0.25, 0.3) is 0 Å². The van der Waals surface area contributed by atoms with Crippen molar-refractivity contribution in [1.29, 1.82) is 0 Å². The topological polar surface area (TPSA) is 93.5 Å². The highest BCUT2D eigenvalue weighted by atomic mass is 32.2. The van der Waals surface area contributed by atoms with E-state index in [0.29, 0.717) is 24.5 Å². The number of anilines is 1. The van der Waals surface area contributed by atoms with Crippen molar-refractivity contribution in [2.75, 3.05) is 43.9 Å². The monoisotopic (exact) mass is 496 g/mol. The molecule has 2 aromatic carbocycles. The summed E-state index contributed by atoms with van der Waals surface area (Å²) in [6, 6.07) is 9.84. The second-order valence-corrected chi connectivity index (χ2v) is 9.94. The predicted molar refractivity (Wildman–Crippen MR) is 122 cm³/mol. The van der Waals surface area contributed by atoms with E-state index in [1.807, 2.05) is 0 Å². The summed E-state index contributed by atoms with van der Waals surface area (Å²) in [6.45, 7) is 2.82. The number of hydrogen-bond acceptors (Lipinski definition) is 6. The highest BCUT2D eigenvalue weighted by molar-refractivity contribution is 7.89. The van der Waals surface area contributed by atoms with E-state index in [1.54, 1.807) is 31.2 Å². The van der Waals surface area contributed by atoms with Gasteiger partial charge in [0.15, 0.2) is 0 Å². The summed E-state index contributed by atoms with van der Waals surface area (Å²) in [5.74, 6) is -0.242. The van der Waals surface area contributed by atoms with Crippen molar-refractivity contribution < 1.29 is 26.3 Å². The molecule has 0 amide bonds. The number of halogens is 3. The number of ether oxygens (including phenoxy) is 1. The van der Waals surface area contributed by atoms with Crippen LogP contribution in [0.3, 0.4) is 0 Å². The van der Waals surface area contributed by atoms with Gasteiger partial charge in [-0.05, 0) is 36.8 Å². The predicted octanol–water partition coefficient (Wildman–Crippen LogP) is 2.79. The molecular formula is C22H23F3N4O4S. The molecule has 0 atom stereocenters. The molecule has 1 N–H and O–H groups in total. The fourth-order valence-electron chi connectivity index (χ4n) is 3.84. The Kier molecular flexibility index (Phi) is 6.65. The van der Waals surface area contributed by atoms with Crippen LogP contribution in [0.2, 0.25) is 0 Å². The van der Waals surface area contributed by atoms with E-state index >= 15 is 0 Å². The van der Waals surface area contributed by atoms with Crippen LogP contribution in [0.4, 0.5) is 19.0 Å². The first-order chi connectivity index (χ1) is 16.1. The summed E-state index contributed by atoms with van der Waals surface area (Å²) in [4.78, 5) is 17.0. The van der Waals surface area contributed by atoms with Gasteiger partial charge >= 0.3 is 11.9 Å². The van der Waals surface area contributed by atoms with Gasteiger partial charge in [0, 0.05) is 25.0 Å². The lowest BCUT2D eigenvalue weighted by molar-refractivity contribution is -0.137. The van der Waals surface area contributed by atoms with Crippen LogP contribution >= 0.6 is 0 Å². The highest BCUT2D eigenvalue weighted by Crippen LogP contribution is 2.33. The van der Waals surface area contributed by atoms with Crippen molar-refractivity contribution in [3.8, 4) is 5.69 Å². The van der Waals surface area contributed by atoms with Crippen LogP contribution < -0.4 is 11.0 Å². The van der Waals surface area contributed by atoms with Gasteiger partial charge in [0.05, 0.1) is 35.7 Å². The van der Waals surface area contributed by atoms with E-state index in [0.717, 1.165) is 16.7 Å². The smallest absolute Gasteiger partial charge is 0.379 e. The number of aryl methyl sites for hydroxylation is 1. The molecule has 0 bridgehead atoms. The normalized spacial score (nSPS) is 15.5. The molecule has 12 heteroatoms. The largest absolute Gasteiger partial charge is 0.416 e. The number of benzene rings is 2. The molecule has 8 nitrogen and oxygen atoms in total. The van der Waals surface area contributed by atoms with Crippen LogP contribution in [0.1, 0.15) is 11.1 Å². The van der Waals surface area contributed by atoms with E-state index < -0.39 is 27.5 Å². The minimum absolute atomic E-state index is 0.0164. The molecular weight excluding hydrogens is 473 g/mol. The zero-order valence-corrected chi connectivity index (χ0v) is 19.1. The molecule has 1 aromatic heterocycles. The summed E-state index contributed by atoms with van der Waals surface area (Å²) in [5, 5.41) is 3.10. The molecule has 1 saturated heterocycles. The number of nitrogens with one attached hydrogen (secondary N) is 1. The lowest BCUT2D eigenvalue weighted by Crippen LogP contribution is -2.42. The maximum atomic E-state index is 13.4. The fourth-order valence-corrected chi connectivity index (χ4v) is 5.16. The molecule has 1 aliphatic rings. The first-order valence-corrected chi connectivity index (χ1v) is 12.2. The zero-order chi connectivity index (χ0) is 24.5. The molecule has 4 rings (SSSR count). The van der Waals surface area contributed by atoms with Crippen molar-refractivity contribution in [1.82, 2.24) is 13.9 Å². The fraction of sp³-hybridized carbons (Fsp3) is 0.364. The third kappa shape index (κ3) is 4.93. The Labute approximate surface area is 194 Å². The maximum absolute atomic E-state index is 13.4. The van der Waals surface area contributed by atoms with E-state index in [-0.39, 0.29) is 42.1 Å². The average molecular weight is 497 g/mol. The van der Waals surface area contributed by atoms with E-state index in [4.69, 9.17) is 4.74 Å². The van der Waals surface area contributed by atoms with Crippen molar-refractivity contribution in [3.05, 3.63) is 64.1 Å². The lowest BCUT2D eigenvalue weighted by atomic mass is 10.1. The number of rotatable bonds is 6. The summed E-state index contributed by atoms with van der Waals surface area (Å²) in [7, 11) is -3.57. The second kappa shape index (κ2) is 9.35. The molecule has 0 saturated carbocycles. The summed E-state index contributed by atoms with van der Waals surface area (Å²) in [6.07, 6.45) is -4.61. The first kappa shape index (κ1) is 24.2. The Balaban J connectivity index is 1.73. The van der Waals surface area contributed by atoms with Crippen LogP contribution in [0.5, 0.6) is 0 Å². The summed E-state index contributed by atoms with van der Waals surface area (Å²) in [5.41, 5.74) is -0.579. The Morgan fingerprint density at radius 3 is 2.50 bits per heavy atom. The maximum Gasteiger partial charge on any atom is 0.416 e. The molecule has 34 heavy (non-hydrogen) atoms. The lowest BCUT2D eigenvalue weighted by Gasteiger charge is -2.26. The summed E-state index contributed by atoms with van der Waals surface area (Å²) >= 11 is 0. The minimum atomic E-state index is -4.61. The molecule has 1 aliphatic heterocycles. The molecule has 0 unspecified atom stereocenters. The number of hydrogen-bond donors (Lipinski definition) is 1. The number of alkyl halides is 3. The van der Waals surface area contributed by atoms with Crippen molar-refractivity contribution in [2.45, 2.75) is 13.1 Å². The number of aromatic nitrogens is 2. The Morgan fingerprint density at radius 1 is 1.12 bits per heavy atom. The van der Waals surface area contributed by atoms with Crippen LogP contribution in [0.15, 0.2) is 47.3 Å². The van der Waals surface area contributed by atoms with Gasteiger partial charge in [-0.15, -0.1) is 0 Å². The number of para-hydroxylation sites is 1. The van der Waals surface area contributed by atoms with Crippen LogP contribution in [-0.2, 0) is 20.9 Å². The minimum Gasteiger partial charge on any atom is -0.379 e. The van der Waals surface area contributed by atoms with E-state index in [2.05, 4.69) is 10.3 Å². The van der Waals surface area contributed by atoms with Crippen molar-refractivity contribution in [3.63, 3.8) is 0 Å². The van der Waals surface area contributed by atoms with Gasteiger partial charge in [-0.3, -0.25) is 4.57 Å². The number of sulfonamides is 1. The van der Waals surface area contributed by atoms with Crippen molar-refractivity contribution >= 4 is 26.7 Å². The number of fused-ring (bicyclic) bond motifs is 1. The molecule has 182 valence electrons. The van der Waals surface area contributed by atoms with Gasteiger partial charge in [-0.1, -0.05) is 18.2 Å². The summed E-state index contributed by atoms with van der Waals surface area (Å²) < 4.78 is 73.1. The second-order valence-electron chi connectivity index (χ2n) is 7.85. The molecule has 0 aliphatic carbocycles. The van der Waals surface area contributed by atoms with E-state index in [1.165, 1.54) is 10.4 Å². The van der Waals surface area contributed by atoms with Crippen molar-refractivity contribution in [2.24, 2.45) is 0 Å². The molecule has 3 aromatic rings. The number of nitrogens with zero attached hydrogens (tertiary/aromatic N) is 3. The van der Waals surface area contributed by atoms with Gasteiger partial charge < -0.3 is 10.1 Å². The van der Waals surface area contributed by atoms with Crippen LogP contribution in [-0.4, -0.2) is 60.9 Å². The molecule has 1 fully saturated rings. The third-order valence-corrected chi connectivity index (χ3v) is 7.46. The Morgan fingerprint density at radius 2 is 1.82 bits per heavy atom. The van der Waals surface area contributed by atoms with Crippen LogP contribution in [0.25, 0.3) is 16.6 Å². The highest BCUT2D eigenvalue weighted by Gasteiger charge is 2.31. The molecule has 2 heterocycles. The van der Waals surface area contributed by atoms with Gasteiger partial charge in [-0.25, -0.2) is 13.2 Å².